The largest absolute Gasteiger partial charge is 0.341 e. The molecule has 30 heavy (non-hydrogen) atoms. The lowest BCUT2D eigenvalue weighted by Crippen LogP contribution is -2.43. The monoisotopic (exact) mass is 436 g/mol. The quantitative estimate of drug-likeness (QED) is 0.729. The summed E-state index contributed by atoms with van der Waals surface area (Å²) in [5.41, 5.74) is 0.570. The van der Waals surface area contributed by atoms with Crippen molar-refractivity contribution in [3.63, 3.8) is 0 Å². The van der Waals surface area contributed by atoms with Crippen LogP contribution in [0.5, 0.6) is 0 Å². The van der Waals surface area contributed by atoms with Crippen LogP contribution < -0.4 is 5.32 Å². The fraction of sp³-hybridized carbons (Fsp3) is 0.619. The minimum atomic E-state index is -3.60. The number of anilines is 1. The van der Waals surface area contributed by atoms with E-state index in [1.165, 1.54) is 19.1 Å². The molecule has 2 amide bonds. The third kappa shape index (κ3) is 5.39. The first-order valence-electron chi connectivity index (χ1n) is 10.5. The summed E-state index contributed by atoms with van der Waals surface area (Å²) in [6.45, 7) is 4.53. The van der Waals surface area contributed by atoms with Gasteiger partial charge in [0.05, 0.1) is 4.90 Å². The Morgan fingerprint density at radius 3 is 2.43 bits per heavy atom. The fourth-order valence-electron chi connectivity index (χ4n) is 4.28. The average Bonchev–Trinajstić information content (AvgIpc) is 2.83. The maximum Gasteiger partial charge on any atom is 0.243 e. The number of nitrogens with zero attached hydrogens (tertiary/aromatic N) is 3. The number of amides is 2. The van der Waals surface area contributed by atoms with Gasteiger partial charge in [-0.15, -0.1) is 0 Å². The van der Waals surface area contributed by atoms with E-state index in [1.807, 2.05) is 19.0 Å². The van der Waals surface area contributed by atoms with E-state index in [2.05, 4.69) is 10.2 Å². The van der Waals surface area contributed by atoms with Crippen molar-refractivity contribution < 1.29 is 18.0 Å². The molecule has 1 N–H and O–H groups in total. The molecule has 2 atom stereocenters. The molecule has 2 heterocycles. The van der Waals surface area contributed by atoms with Gasteiger partial charge in [-0.25, -0.2) is 8.42 Å². The molecule has 0 spiro atoms. The molecule has 2 saturated heterocycles. The first-order valence-corrected chi connectivity index (χ1v) is 11.9. The van der Waals surface area contributed by atoms with Crippen LogP contribution in [0.2, 0.25) is 0 Å². The van der Waals surface area contributed by atoms with Crippen molar-refractivity contribution in [2.45, 2.75) is 31.1 Å². The second kappa shape index (κ2) is 9.45. The zero-order valence-electron chi connectivity index (χ0n) is 18.0. The Kier molecular flexibility index (Phi) is 7.15. The Balaban J connectivity index is 1.67. The van der Waals surface area contributed by atoms with Gasteiger partial charge in [0.1, 0.15) is 0 Å². The second-order valence-corrected chi connectivity index (χ2v) is 10.5. The lowest BCUT2D eigenvalue weighted by Gasteiger charge is -2.36. The molecule has 0 aromatic heterocycles. The number of likely N-dealkylation sites (tertiary alicyclic amines) is 1. The molecule has 0 bridgehead atoms. The number of fused-ring (bicyclic) bond motifs is 1. The molecule has 166 valence electrons. The molecule has 2 aliphatic rings. The number of hydrogen-bond acceptors (Lipinski definition) is 5. The summed E-state index contributed by atoms with van der Waals surface area (Å²) in [5, 5.41) is 2.65. The molecule has 0 aliphatic carbocycles. The molecule has 3 rings (SSSR count). The zero-order valence-corrected chi connectivity index (χ0v) is 18.8. The summed E-state index contributed by atoms with van der Waals surface area (Å²) in [6.07, 6.45) is 2.05. The molecule has 0 radical (unpaired) electrons. The molecule has 0 saturated carbocycles. The Bertz CT molecular complexity index is 869. The van der Waals surface area contributed by atoms with Crippen LogP contribution in [-0.4, -0.2) is 81.2 Å². The van der Waals surface area contributed by atoms with Crippen LogP contribution in [0.25, 0.3) is 0 Å². The van der Waals surface area contributed by atoms with E-state index in [4.69, 9.17) is 0 Å². The van der Waals surface area contributed by atoms with Crippen LogP contribution in [0.1, 0.15) is 26.2 Å². The molecule has 2 aliphatic heterocycles. The van der Waals surface area contributed by atoms with Gasteiger partial charge in [0.15, 0.2) is 0 Å². The molecule has 8 nitrogen and oxygen atoms in total. The zero-order chi connectivity index (χ0) is 21.9. The standard InChI is InChI=1S/C21H32N4O4S/c1-16(26)22-19-4-6-20(7-5-19)30(28,29)25-11-9-17-14-21(27)24(13-12-23(2)3)10-8-18(17)15-25/h4-7,17-18H,8-15H2,1-3H3,(H,22,26)/t17-,18-/m0/s1. The number of likely N-dealkylation sites (N-methyl/N-ethyl adjacent to an activating group) is 1. The molecule has 1 aromatic rings. The lowest BCUT2D eigenvalue weighted by atomic mass is 9.83. The van der Waals surface area contributed by atoms with Gasteiger partial charge in [-0.2, -0.15) is 4.31 Å². The van der Waals surface area contributed by atoms with Gasteiger partial charge >= 0.3 is 0 Å². The van der Waals surface area contributed by atoms with E-state index in [-0.39, 0.29) is 28.5 Å². The highest BCUT2D eigenvalue weighted by molar-refractivity contribution is 7.89. The molecule has 0 unspecified atom stereocenters. The Morgan fingerprint density at radius 1 is 1.13 bits per heavy atom. The van der Waals surface area contributed by atoms with Crippen molar-refractivity contribution in [1.82, 2.24) is 14.1 Å². The number of nitrogens with one attached hydrogen (secondary N) is 1. The minimum absolute atomic E-state index is 0.189. The summed E-state index contributed by atoms with van der Waals surface area (Å²) in [6, 6.07) is 6.28. The summed E-state index contributed by atoms with van der Waals surface area (Å²) in [7, 11) is 0.384. The highest BCUT2D eigenvalue weighted by Gasteiger charge is 2.38. The van der Waals surface area contributed by atoms with E-state index < -0.39 is 10.0 Å². The van der Waals surface area contributed by atoms with Gasteiger partial charge in [-0.1, -0.05) is 0 Å². The van der Waals surface area contributed by atoms with Gasteiger partial charge < -0.3 is 15.1 Å². The van der Waals surface area contributed by atoms with E-state index in [1.54, 1.807) is 16.4 Å². The highest BCUT2D eigenvalue weighted by atomic mass is 32.2. The number of hydrogen-bond donors (Lipinski definition) is 1. The highest BCUT2D eigenvalue weighted by Crippen LogP contribution is 2.34. The first-order chi connectivity index (χ1) is 14.2. The van der Waals surface area contributed by atoms with Crippen LogP contribution in [0, 0.1) is 11.8 Å². The second-order valence-electron chi connectivity index (χ2n) is 8.55. The third-order valence-corrected chi connectivity index (χ3v) is 7.92. The minimum Gasteiger partial charge on any atom is -0.341 e. The van der Waals surface area contributed by atoms with Crippen LogP contribution in [0.3, 0.4) is 0 Å². The number of piperidine rings is 1. The first kappa shape index (κ1) is 22.7. The van der Waals surface area contributed by atoms with Crippen molar-refractivity contribution in [3.05, 3.63) is 24.3 Å². The summed E-state index contributed by atoms with van der Waals surface area (Å²) >= 11 is 0. The smallest absolute Gasteiger partial charge is 0.243 e. The van der Waals surface area contributed by atoms with Crippen molar-refractivity contribution in [2.75, 3.05) is 52.1 Å². The van der Waals surface area contributed by atoms with E-state index in [0.717, 1.165) is 13.0 Å². The Hall–Kier alpha value is -1.97. The summed E-state index contributed by atoms with van der Waals surface area (Å²) in [4.78, 5) is 28.0. The lowest BCUT2D eigenvalue weighted by molar-refractivity contribution is -0.131. The molecule has 1 aromatic carbocycles. The maximum absolute atomic E-state index is 13.1. The van der Waals surface area contributed by atoms with Crippen LogP contribution in [-0.2, 0) is 19.6 Å². The van der Waals surface area contributed by atoms with Gasteiger partial charge in [-0.05, 0) is 63.0 Å². The van der Waals surface area contributed by atoms with Gasteiger partial charge in [0.2, 0.25) is 21.8 Å². The van der Waals surface area contributed by atoms with Crippen molar-refractivity contribution in [3.8, 4) is 0 Å². The number of sulfonamides is 1. The molecule has 2 fully saturated rings. The number of carbonyl (C=O) groups excluding carboxylic acids is 2. The van der Waals surface area contributed by atoms with Gasteiger partial charge in [-0.3, -0.25) is 9.59 Å². The van der Waals surface area contributed by atoms with Crippen LogP contribution in [0.4, 0.5) is 5.69 Å². The topological polar surface area (TPSA) is 90.0 Å². The SMILES string of the molecule is CC(=O)Nc1ccc(S(=O)(=O)N2CC[C@H]3CC(=O)N(CCN(C)C)CC[C@H]3C2)cc1. The number of rotatable bonds is 6. The van der Waals surface area contributed by atoms with Crippen molar-refractivity contribution in [2.24, 2.45) is 11.8 Å². The Labute approximate surface area is 179 Å². The number of benzene rings is 1. The summed E-state index contributed by atoms with van der Waals surface area (Å²) in [5.74, 6) is 0.431. The molecular formula is C21H32N4O4S. The van der Waals surface area contributed by atoms with E-state index >= 15 is 0 Å². The van der Waals surface area contributed by atoms with Gasteiger partial charge in [0, 0.05) is 51.8 Å². The predicted octanol–water partition coefficient (Wildman–Crippen LogP) is 1.46. The normalized spacial score (nSPS) is 23.2. The predicted molar refractivity (Wildman–Crippen MR) is 115 cm³/mol. The average molecular weight is 437 g/mol. The number of carbonyl (C=O) groups is 2. The third-order valence-electron chi connectivity index (χ3n) is 6.04. The Morgan fingerprint density at radius 2 is 1.80 bits per heavy atom. The summed E-state index contributed by atoms with van der Waals surface area (Å²) < 4.78 is 27.8. The molecule has 9 heteroatoms. The fourth-order valence-corrected chi connectivity index (χ4v) is 5.79. The van der Waals surface area contributed by atoms with Crippen LogP contribution in [0.15, 0.2) is 29.2 Å². The van der Waals surface area contributed by atoms with Crippen LogP contribution >= 0.6 is 0 Å². The van der Waals surface area contributed by atoms with Gasteiger partial charge in [0.25, 0.3) is 0 Å². The van der Waals surface area contributed by atoms with E-state index in [9.17, 15) is 18.0 Å². The van der Waals surface area contributed by atoms with Crippen molar-refractivity contribution >= 4 is 27.5 Å². The van der Waals surface area contributed by atoms with E-state index in [0.29, 0.717) is 44.7 Å². The maximum atomic E-state index is 13.1. The molecular weight excluding hydrogens is 404 g/mol. The van der Waals surface area contributed by atoms with Crippen molar-refractivity contribution in [1.29, 1.82) is 0 Å².